The second kappa shape index (κ2) is 9.37. The van der Waals surface area contributed by atoms with Crippen LogP contribution in [0.15, 0.2) is 162 Å². The number of hydrogen-bond acceptors (Lipinski definition) is 2. The normalized spacial score (nSPS) is 11.7. The highest BCUT2D eigenvalue weighted by Gasteiger charge is 2.19. The van der Waals surface area contributed by atoms with Gasteiger partial charge in [-0.3, -0.25) is 0 Å². The van der Waals surface area contributed by atoms with Crippen LogP contribution in [-0.2, 0) is 0 Å². The number of aromatic nitrogens is 1. The zero-order chi connectivity index (χ0) is 28.3. The molecule has 2 aromatic heterocycles. The van der Waals surface area contributed by atoms with Gasteiger partial charge in [-0.25, -0.2) is 0 Å². The number of nitrogens with zero attached hydrogens (tertiary/aromatic N) is 2. The molecule has 43 heavy (non-hydrogen) atoms. The van der Waals surface area contributed by atoms with E-state index in [2.05, 4.69) is 167 Å². The maximum Gasteiger partial charge on any atom is 0.143 e. The van der Waals surface area contributed by atoms with E-state index in [0.29, 0.717) is 0 Å². The first-order valence-corrected chi connectivity index (χ1v) is 14.6. The number of anilines is 3. The maximum absolute atomic E-state index is 6.45. The number of hydrogen-bond donors (Lipinski definition) is 0. The molecule has 0 spiro atoms. The van der Waals surface area contributed by atoms with E-state index in [1.54, 1.807) is 0 Å². The summed E-state index contributed by atoms with van der Waals surface area (Å²) in [5.74, 6) is 0. The third kappa shape index (κ3) is 3.68. The van der Waals surface area contributed by atoms with Gasteiger partial charge in [0.2, 0.25) is 0 Å². The first-order valence-electron chi connectivity index (χ1n) is 14.6. The third-order valence-electron chi connectivity index (χ3n) is 8.55. The lowest BCUT2D eigenvalue weighted by Gasteiger charge is -2.26. The van der Waals surface area contributed by atoms with Gasteiger partial charge in [-0.15, -0.1) is 0 Å². The summed E-state index contributed by atoms with van der Waals surface area (Å²) in [5, 5.41) is 7.04. The number of para-hydroxylation sites is 3. The third-order valence-corrected chi connectivity index (χ3v) is 8.55. The van der Waals surface area contributed by atoms with Crippen LogP contribution in [0.4, 0.5) is 17.1 Å². The van der Waals surface area contributed by atoms with Crippen molar-refractivity contribution < 1.29 is 4.42 Å². The number of fused-ring (bicyclic) bond motifs is 8. The summed E-state index contributed by atoms with van der Waals surface area (Å²) < 4.78 is 8.82. The van der Waals surface area contributed by atoms with Crippen molar-refractivity contribution in [2.24, 2.45) is 0 Å². The van der Waals surface area contributed by atoms with Crippen molar-refractivity contribution in [1.82, 2.24) is 4.57 Å². The van der Waals surface area contributed by atoms with Gasteiger partial charge in [-0.05, 0) is 72.1 Å². The molecule has 9 rings (SSSR count). The van der Waals surface area contributed by atoms with Crippen molar-refractivity contribution in [3.63, 3.8) is 0 Å². The lowest BCUT2D eigenvalue weighted by atomic mass is 10.1. The van der Waals surface area contributed by atoms with Gasteiger partial charge >= 0.3 is 0 Å². The molecular weight excluding hydrogens is 524 g/mol. The number of benzene rings is 7. The van der Waals surface area contributed by atoms with E-state index in [1.165, 1.54) is 27.2 Å². The second-order valence-electron chi connectivity index (χ2n) is 11.0. The standard InChI is InChI=1S/C40H26N2O/c1-3-12-28(13-4-1)41(30-21-24-39-36(25-30)35-22-19-27-11-7-8-16-32(27)40(35)43-39)31-20-23-34-33-17-9-10-18-37(33)42(38(34)26-31)29-14-5-2-6-15-29/h1-26H. The van der Waals surface area contributed by atoms with E-state index in [-0.39, 0.29) is 0 Å². The fourth-order valence-electron chi connectivity index (χ4n) is 6.61. The Kier molecular flexibility index (Phi) is 5.20. The van der Waals surface area contributed by atoms with Gasteiger partial charge in [-0.2, -0.15) is 0 Å². The van der Waals surface area contributed by atoms with Gasteiger partial charge < -0.3 is 13.9 Å². The molecule has 3 heteroatoms. The predicted molar refractivity (Wildman–Crippen MR) is 180 cm³/mol. The summed E-state index contributed by atoms with van der Waals surface area (Å²) in [6, 6.07) is 56.0. The van der Waals surface area contributed by atoms with Gasteiger partial charge in [-0.1, -0.05) is 91.0 Å². The van der Waals surface area contributed by atoms with Crippen molar-refractivity contribution in [2.45, 2.75) is 0 Å². The molecule has 2 heterocycles. The molecule has 0 atom stereocenters. The molecule has 0 radical (unpaired) electrons. The zero-order valence-electron chi connectivity index (χ0n) is 23.3. The molecule has 0 N–H and O–H groups in total. The Morgan fingerprint density at radius 1 is 0.419 bits per heavy atom. The molecule has 0 saturated carbocycles. The monoisotopic (exact) mass is 550 g/mol. The van der Waals surface area contributed by atoms with Crippen molar-refractivity contribution in [3.05, 3.63) is 158 Å². The van der Waals surface area contributed by atoms with E-state index in [9.17, 15) is 0 Å². The first kappa shape index (κ1) is 23.9. The van der Waals surface area contributed by atoms with Crippen LogP contribution in [0.5, 0.6) is 0 Å². The van der Waals surface area contributed by atoms with Crippen LogP contribution in [-0.4, -0.2) is 4.57 Å². The van der Waals surface area contributed by atoms with Crippen LogP contribution in [0, 0.1) is 0 Å². The average Bonchev–Trinajstić information content (AvgIpc) is 3.61. The molecule has 0 aliphatic rings. The van der Waals surface area contributed by atoms with Crippen LogP contribution in [0.3, 0.4) is 0 Å². The van der Waals surface area contributed by atoms with Crippen LogP contribution in [0.2, 0.25) is 0 Å². The minimum atomic E-state index is 0.891. The molecule has 202 valence electrons. The Labute approximate surface area is 248 Å². The highest BCUT2D eigenvalue weighted by Crippen LogP contribution is 2.42. The van der Waals surface area contributed by atoms with Crippen molar-refractivity contribution in [3.8, 4) is 5.69 Å². The van der Waals surface area contributed by atoms with Crippen molar-refractivity contribution in [2.75, 3.05) is 4.90 Å². The smallest absolute Gasteiger partial charge is 0.143 e. The van der Waals surface area contributed by atoms with Crippen LogP contribution >= 0.6 is 0 Å². The summed E-state index contributed by atoms with van der Waals surface area (Å²) in [6.45, 7) is 0. The molecule has 0 amide bonds. The first-order chi connectivity index (χ1) is 21.3. The Hall–Kier alpha value is -5.80. The molecule has 0 aliphatic heterocycles. The molecule has 9 aromatic rings. The minimum Gasteiger partial charge on any atom is -0.455 e. The molecular formula is C40H26N2O. The van der Waals surface area contributed by atoms with Gasteiger partial charge in [0.15, 0.2) is 0 Å². The van der Waals surface area contributed by atoms with Crippen LogP contribution in [0.1, 0.15) is 0 Å². The van der Waals surface area contributed by atoms with E-state index in [0.717, 1.165) is 50.1 Å². The van der Waals surface area contributed by atoms with Gasteiger partial charge in [0.1, 0.15) is 11.2 Å². The maximum atomic E-state index is 6.45. The Bertz CT molecular complexity index is 2450. The van der Waals surface area contributed by atoms with Crippen LogP contribution < -0.4 is 4.90 Å². The van der Waals surface area contributed by atoms with E-state index in [4.69, 9.17) is 4.42 Å². The summed E-state index contributed by atoms with van der Waals surface area (Å²) in [5.41, 5.74) is 8.62. The Balaban J connectivity index is 1.30. The molecule has 7 aromatic carbocycles. The fourth-order valence-corrected chi connectivity index (χ4v) is 6.61. The SMILES string of the molecule is c1ccc(N(c2ccc3oc4c5ccccc5ccc4c3c2)c2ccc3c4ccccc4n(-c4ccccc4)c3c2)cc1. The van der Waals surface area contributed by atoms with Crippen molar-refractivity contribution >= 4 is 71.6 Å². The summed E-state index contributed by atoms with van der Waals surface area (Å²) >= 11 is 0. The Morgan fingerprint density at radius 2 is 1.07 bits per heavy atom. The summed E-state index contributed by atoms with van der Waals surface area (Å²) in [6.07, 6.45) is 0. The molecule has 0 saturated heterocycles. The van der Waals surface area contributed by atoms with E-state index < -0.39 is 0 Å². The lowest BCUT2D eigenvalue weighted by Crippen LogP contribution is -2.10. The molecule has 0 unspecified atom stereocenters. The van der Waals surface area contributed by atoms with E-state index in [1.807, 2.05) is 0 Å². The number of rotatable bonds is 4. The molecule has 0 fully saturated rings. The fraction of sp³-hybridized carbons (Fsp3) is 0. The van der Waals surface area contributed by atoms with Gasteiger partial charge in [0.05, 0.1) is 11.0 Å². The van der Waals surface area contributed by atoms with Gasteiger partial charge in [0, 0.05) is 49.7 Å². The summed E-state index contributed by atoms with van der Waals surface area (Å²) in [7, 11) is 0. The highest BCUT2D eigenvalue weighted by atomic mass is 16.3. The van der Waals surface area contributed by atoms with Crippen LogP contribution in [0.25, 0.3) is 60.2 Å². The minimum absolute atomic E-state index is 0.891. The Morgan fingerprint density at radius 3 is 1.93 bits per heavy atom. The second-order valence-corrected chi connectivity index (χ2v) is 11.0. The topological polar surface area (TPSA) is 21.3 Å². The summed E-state index contributed by atoms with van der Waals surface area (Å²) in [4.78, 5) is 2.34. The average molecular weight is 551 g/mol. The quantitative estimate of drug-likeness (QED) is 0.217. The zero-order valence-corrected chi connectivity index (χ0v) is 23.3. The largest absolute Gasteiger partial charge is 0.455 e. The predicted octanol–water partition coefficient (Wildman–Crippen LogP) is 11.3. The highest BCUT2D eigenvalue weighted by molar-refractivity contribution is 6.16. The number of furan rings is 1. The molecule has 3 nitrogen and oxygen atoms in total. The van der Waals surface area contributed by atoms with Crippen molar-refractivity contribution in [1.29, 1.82) is 0 Å². The molecule has 0 bridgehead atoms. The van der Waals surface area contributed by atoms with E-state index >= 15 is 0 Å². The molecule has 0 aliphatic carbocycles. The van der Waals surface area contributed by atoms with Gasteiger partial charge in [0.25, 0.3) is 0 Å². The lowest BCUT2D eigenvalue weighted by molar-refractivity contribution is 0.672.